The number of nitriles is 1. The maximum absolute atomic E-state index is 15.6. The molecule has 1 aliphatic rings. The minimum atomic E-state index is -5.34. The van der Waals surface area contributed by atoms with Crippen LogP contribution in [0, 0.1) is 23.0 Å². The molecule has 50 heavy (non-hydrogen) atoms. The average molecular weight is 737 g/mol. The van der Waals surface area contributed by atoms with Gasteiger partial charge in [-0.1, -0.05) is 0 Å². The molecule has 1 aromatic heterocycles. The molecular weight excluding hydrogens is 714 g/mol. The highest BCUT2D eigenvalue weighted by Crippen LogP contribution is 2.44. The second kappa shape index (κ2) is 13.8. The maximum Gasteiger partial charge on any atom is 0.420 e. The van der Waals surface area contributed by atoms with Crippen molar-refractivity contribution in [3.05, 3.63) is 70.9 Å². The lowest BCUT2D eigenvalue weighted by Gasteiger charge is -2.29. The summed E-state index contributed by atoms with van der Waals surface area (Å²) in [6, 6.07) is 5.19. The van der Waals surface area contributed by atoms with E-state index in [1.807, 2.05) is 0 Å². The minimum absolute atomic E-state index is 0.344. The molecule has 3 aromatic rings. The molecule has 1 amide bonds. The van der Waals surface area contributed by atoms with Gasteiger partial charge in [-0.25, -0.2) is 17.6 Å². The highest BCUT2D eigenvalue weighted by Gasteiger charge is 2.52. The van der Waals surface area contributed by atoms with Crippen molar-refractivity contribution in [2.24, 2.45) is 0 Å². The largest absolute Gasteiger partial charge is 0.487 e. The fourth-order valence-electron chi connectivity index (χ4n) is 4.97. The fraction of sp³-hybridized carbons (Fsp3) is 0.323. The lowest BCUT2D eigenvalue weighted by Crippen LogP contribution is -2.44. The van der Waals surface area contributed by atoms with E-state index in [1.54, 1.807) is 0 Å². The van der Waals surface area contributed by atoms with Crippen LogP contribution in [0.15, 0.2) is 42.6 Å². The molecule has 1 fully saturated rings. The molecule has 19 heteroatoms. The summed E-state index contributed by atoms with van der Waals surface area (Å²) >= 11 is 5.28. The van der Waals surface area contributed by atoms with Gasteiger partial charge in [0, 0.05) is 18.1 Å². The van der Waals surface area contributed by atoms with Crippen LogP contribution in [0.3, 0.4) is 0 Å². The third-order valence-electron chi connectivity index (χ3n) is 7.32. The van der Waals surface area contributed by atoms with Crippen LogP contribution >= 0.6 is 12.2 Å². The first-order valence-electron chi connectivity index (χ1n) is 14.0. The number of carbonyl (C=O) groups is 2. The topological polar surface area (TPSA) is 95.8 Å². The molecule has 0 unspecified atom stereocenters. The number of aromatic nitrogens is 1. The van der Waals surface area contributed by atoms with Crippen molar-refractivity contribution in [1.29, 1.82) is 5.26 Å². The van der Waals surface area contributed by atoms with Crippen molar-refractivity contribution in [3.8, 4) is 23.1 Å². The molecule has 1 saturated heterocycles. The number of thiocarbonyl (C=S) groups is 1. The van der Waals surface area contributed by atoms with Gasteiger partial charge >= 0.3 is 12.4 Å². The second-order valence-electron chi connectivity index (χ2n) is 11.1. The molecule has 0 radical (unpaired) electrons. The quantitative estimate of drug-likeness (QED) is 0.0867. The molecule has 0 bridgehead atoms. The number of halogens is 10. The van der Waals surface area contributed by atoms with Crippen LogP contribution in [0.5, 0.6) is 5.75 Å². The van der Waals surface area contributed by atoms with E-state index in [-0.39, 0.29) is 5.69 Å². The molecule has 8 nitrogen and oxygen atoms in total. The van der Waals surface area contributed by atoms with E-state index in [1.165, 1.54) is 19.9 Å². The Bertz CT molecular complexity index is 1880. The summed E-state index contributed by atoms with van der Waals surface area (Å²) in [5.74, 6) is -8.63. The molecule has 2 aromatic carbocycles. The Hall–Kier alpha value is -4.83. The number of anilines is 2. The van der Waals surface area contributed by atoms with Gasteiger partial charge < -0.3 is 19.2 Å². The standard InChI is InChI=1S/C31H22F10N4O4S/c1-28(2)26(47)44(22-6-3-16(13-42)23(24(22)33)31(39,40)41)27(50)45(28)17-11-21(32)25(43-14-17)19-5-4-18(12-20(19)30(36,37)38)49-15-29(34,35)7-9-48-10-8-46/h3-6,8,11-12,14H,7,9-10,15H2,1-2H3. The third-order valence-corrected chi connectivity index (χ3v) is 7.68. The second-order valence-corrected chi connectivity index (χ2v) is 11.5. The van der Waals surface area contributed by atoms with E-state index in [0.29, 0.717) is 29.4 Å². The van der Waals surface area contributed by atoms with E-state index < -0.39 is 112 Å². The summed E-state index contributed by atoms with van der Waals surface area (Å²) in [6.45, 7) is 0.118. The van der Waals surface area contributed by atoms with Gasteiger partial charge in [0.2, 0.25) is 0 Å². The van der Waals surface area contributed by atoms with Gasteiger partial charge in [-0.05, 0) is 56.4 Å². The molecular formula is C31H22F10N4O4S. The van der Waals surface area contributed by atoms with Crippen LogP contribution in [0.2, 0.25) is 0 Å². The Labute approximate surface area is 281 Å². The SMILES string of the molecule is CC1(C)C(=O)N(c2ccc(C#N)c(C(F)(F)F)c2F)C(=S)N1c1cnc(-c2ccc(OCC(F)(F)CCOCC=O)cc2C(F)(F)F)c(F)c1. The normalized spacial score (nSPS) is 15.0. The maximum atomic E-state index is 15.6. The zero-order chi connectivity index (χ0) is 37.4. The van der Waals surface area contributed by atoms with E-state index in [0.717, 1.165) is 29.3 Å². The zero-order valence-corrected chi connectivity index (χ0v) is 26.4. The number of carbonyl (C=O) groups excluding carboxylic acids is 2. The van der Waals surface area contributed by atoms with Gasteiger partial charge in [0.15, 0.2) is 23.4 Å². The predicted octanol–water partition coefficient (Wildman–Crippen LogP) is 7.47. The monoisotopic (exact) mass is 736 g/mol. The van der Waals surface area contributed by atoms with Crippen molar-refractivity contribution in [3.63, 3.8) is 0 Å². The van der Waals surface area contributed by atoms with Gasteiger partial charge in [-0.2, -0.15) is 31.6 Å². The van der Waals surface area contributed by atoms with Crippen LogP contribution in [-0.2, 0) is 26.7 Å². The zero-order valence-electron chi connectivity index (χ0n) is 25.6. The number of rotatable bonds is 11. The lowest BCUT2D eigenvalue weighted by molar-refractivity contribution is -0.140. The minimum Gasteiger partial charge on any atom is -0.487 e. The first-order valence-corrected chi connectivity index (χ1v) is 14.4. The first-order chi connectivity index (χ1) is 23.2. The first kappa shape index (κ1) is 38.0. The van der Waals surface area contributed by atoms with E-state index in [4.69, 9.17) is 22.2 Å². The van der Waals surface area contributed by atoms with Crippen molar-refractivity contribution in [1.82, 2.24) is 4.98 Å². The van der Waals surface area contributed by atoms with E-state index >= 15 is 8.78 Å². The summed E-state index contributed by atoms with van der Waals surface area (Å²) in [6.07, 6.45) is -10.2. The molecule has 0 aliphatic carbocycles. The van der Waals surface area contributed by atoms with E-state index in [2.05, 4.69) is 9.72 Å². The van der Waals surface area contributed by atoms with Crippen LogP contribution in [0.4, 0.5) is 55.3 Å². The van der Waals surface area contributed by atoms with Gasteiger partial charge in [0.25, 0.3) is 11.8 Å². The third kappa shape index (κ3) is 7.50. The molecule has 2 heterocycles. The highest BCUT2D eigenvalue weighted by atomic mass is 32.1. The Balaban J connectivity index is 1.68. The number of alkyl halides is 8. The summed E-state index contributed by atoms with van der Waals surface area (Å²) in [7, 11) is 0. The molecule has 0 saturated carbocycles. The Morgan fingerprint density at radius 1 is 1.02 bits per heavy atom. The summed E-state index contributed by atoms with van der Waals surface area (Å²) in [5, 5.41) is 8.41. The lowest BCUT2D eigenvalue weighted by atomic mass is 10.0. The number of hydrogen-bond donors (Lipinski definition) is 0. The smallest absolute Gasteiger partial charge is 0.420 e. The highest BCUT2D eigenvalue weighted by molar-refractivity contribution is 7.81. The number of amides is 1. The fourth-order valence-corrected chi connectivity index (χ4v) is 5.48. The van der Waals surface area contributed by atoms with Crippen molar-refractivity contribution < 1.29 is 63.0 Å². The van der Waals surface area contributed by atoms with Crippen LogP contribution < -0.4 is 14.5 Å². The van der Waals surface area contributed by atoms with Crippen molar-refractivity contribution >= 4 is 40.9 Å². The van der Waals surface area contributed by atoms with E-state index in [9.17, 15) is 44.7 Å². The van der Waals surface area contributed by atoms with Crippen molar-refractivity contribution in [2.45, 2.75) is 44.1 Å². The molecule has 0 atom stereocenters. The average Bonchev–Trinajstić information content (AvgIpc) is 3.19. The molecule has 0 N–H and O–H groups in total. The number of nitrogens with zero attached hydrogens (tertiary/aromatic N) is 4. The number of pyridine rings is 1. The Kier molecular flexibility index (Phi) is 10.5. The number of aldehydes is 1. The molecule has 4 rings (SSSR count). The number of hydrogen-bond acceptors (Lipinski definition) is 7. The molecule has 1 aliphatic heterocycles. The Morgan fingerprint density at radius 3 is 2.28 bits per heavy atom. The van der Waals surface area contributed by atoms with Gasteiger partial charge in [0.1, 0.15) is 35.4 Å². The summed E-state index contributed by atoms with van der Waals surface area (Å²) in [5.41, 5.74) is -9.38. The molecule has 0 spiro atoms. The summed E-state index contributed by atoms with van der Waals surface area (Å²) in [4.78, 5) is 28.7. The van der Waals surface area contributed by atoms with Crippen LogP contribution in [0.1, 0.15) is 37.0 Å². The van der Waals surface area contributed by atoms with Crippen LogP contribution in [0.25, 0.3) is 11.3 Å². The number of ether oxygens (including phenoxy) is 2. The predicted molar refractivity (Wildman–Crippen MR) is 159 cm³/mol. The van der Waals surface area contributed by atoms with Gasteiger partial charge in [-0.15, -0.1) is 0 Å². The Morgan fingerprint density at radius 2 is 1.70 bits per heavy atom. The number of benzene rings is 2. The van der Waals surface area contributed by atoms with Crippen LogP contribution in [-0.4, -0.2) is 53.6 Å². The molecule has 266 valence electrons. The van der Waals surface area contributed by atoms with Gasteiger partial charge in [-0.3, -0.25) is 14.7 Å². The summed E-state index contributed by atoms with van der Waals surface area (Å²) < 4.78 is 152. The van der Waals surface area contributed by atoms with Gasteiger partial charge in [0.05, 0.1) is 41.4 Å². The van der Waals surface area contributed by atoms with Crippen molar-refractivity contribution in [2.75, 3.05) is 29.6 Å².